The Hall–Kier alpha value is -3.97. The third-order valence-electron chi connectivity index (χ3n) is 5.41. The number of ether oxygens (including phenoxy) is 2. The number of para-hydroxylation sites is 2. The molecule has 2 heterocycles. The second-order valence-electron chi connectivity index (χ2n) is 7.30. The molecule has 0 unspecified atom stereocenters. The van der Waals surface area contributed by atoms with Crippen LogP contribution in [0.25, 0.3) is 16.6 Å². The van der Waals surface area contributed by atoms with Gasteiger partial charge in [0, 0.05) is 11.6 Å². The molecule has 154 valence electrons. The minimum Gasteiger partial charge on any atom is -0.497 e. The van der Waals surface area contributed by atoms with Crippen molar-refractivity contribution in [3.05, 3.63) is 94.5 Å². The Morgan fingerprint density at radius 1 is 1.03 bits per heavy atom. The van der Waals surface area contributed by atoms with E-state index in [0.717, 1.165) is 0 Å². The molecule has 4 aromatic rings. The number of esters is 1. The standard InChI is InChI=1S/C24H18N2O5/c1-30-15-7-6-8-16(13-15)31-21(27)14-24(29)18-10-3-5-12-20(18)26-22(28)17-9-2-4-11-19(17)25-23(24)26/h2-13,29H,14H2,1H3/t24-/m0/s1. The first-order chi connectivity index (χ1) is 15.0. The topological polar surface area (TPSA) is 90.7 Å². The van der Waals surface area contributed by atoms with E-state index in [0.29, 0.717) is 33.7 Å². The van der Waals surface area contributed by atoms with Gasteiger partial charge in [-0.15, -0.1) is 0 Å². The van der Waals surface area contributed by atoms with E-state index in [2.05, 4.69) is 4.98 Å². The maximum absolute atomic E-state index is 13.2. The lowest BCUT2D eigenvalue weighted by Crippen LogP contribution is -2.33. The fourth-order valence-electron chi connectivity index (χ4n) is 3.99. The van der Waals surface area contributed by atoms with E-state index in [-0.39, 0.29) is 11.4 Å². The first-order valence-corrected chi connectivity index (χ1v) is 9.70. The Morgan fingerprint density at radius 2 is 1.77 bits per heavy atom. The van der Waals surface area contributed by atoms with Crippen LogP contribution in [0.5, 0.6) is 11.5 Å². The number of hydrogen-bond acceptors (Lipinski definition) is 6. The van der Waals surface area contributed by atoms with E-state index < -0.39 is 18.0 Å². The predicted molar refractivity (Wildman–Crippen MR) is 114 cm³/mol. The van der Waals surface area contributed by atoms with Crippen molar-refractivity contribution in [3.8, 4) is 17.2 Å². The van der Waals surface area contributed by atoms with Gasteiger partial charge in [-0.05, 0) is 30.3 Å². The van der Waals surface area contributed by atoms with E-state index in [1.807, 2.05) is 0 Å². The van der Waals surface area contributed by atoms with Gasteiger partial charge in [0.25, 0.3) is 5.56 Å². The number of carbonyl (C=O) groups is 1. The van der Waals surface area contributed by atoms with Crippen LogP contribution in [0.4, 0.5) is 0 Å². The first-order valence-electron chi connectivity index (χ1n) is 9.70. The number of carbonyl (C=O) groups excluding carboxylic acids is 1. The molecule has 0 aliphatic carbocycles. The number of hydrogen-bond donors (Lipinski definition) is 1. The molecule has 0 saturated heterocycles. The molecule has 3 aromatic carbocycles. The fourth-order valence-corrected chi connectivity index (χ4v) is 3.99. The number of benzene rings is 3. The third-order valence-corrected chi connectivity index (χ3v) is 5.41. The normalized spacial score (nSPS) is 16.6. The average Bonchev–Trinajstić information content (AvgIpc) is 3.02. The summed E-state index contributed by atoms with van der Waals surface area (Å²) in [6.07, 6.45) is -0.411. The first kappa shape index (κ1) is 19.0. The molecule has 0 saturated carbocycles. The average molecular weight is 414 g/mol. The van der Waals surface area contributed by atoms with Gasteiger partial charge in [0.15, 0.2) is 11.4 Å². The van der Waals surface area contributed by atoms with Crippen LogP contribution in [0.3, 0.4) is 0 Å². The van der Waals surface area contributed by atoms with E-state index >= 15 is 0 Å². The van der Waals surface area contributed by atoms with Gasteiger partial charge in [0.1, 0.15) is 11.5 Å². The van der Waals surface area contributed by atoms with E-state index in [9.17, 15) is 14.7 Å². The minimum atomic E-state index is -1.81. The van der Waals surface area contributed by atoms with E-state index in [4.69, 9.17) is 9.47 Å². The molecular formula is C24H18N2O5. The van der Waals surface area contributed by atoms with Crippen LogP contribution < -0.4 is 15.0 Å². The second kappa shape index (κ2) is 7.07. The van der Waals surface area contributed by atoms with Crippen molar-refractivity contribution >= 4 is 16.9 Å². The quantitative estimate of drug-likeness (QED) is 0.408. The fraction of sp³-hybridized carbons (Fsp3) is 0.125. The van der Waals surface area contributed by atoms with Crippen LogP contribution in [-0.4, -0.2) is 27.7 Å². The maximum atomic E-state index is 13.2. The Labute approximate surface area is 177 Å². The molecule has 0 bridgehead atoms. The maximum Gasteiger partial charge on any atom is 0.314 e. The summed E-state index contributed by atoms with van der Waals surface area (Å²) in [5.74, 6) is 0.268. The molecule has 1 N–H and O–H groups in total. The van der Waals surface area contributed by atoms with Gasteiger partial charge >= 0.3 is 5.97 Å². The highest BCUT2D eigenvalue weighted by atomic mass is 16.5. The highest BCUT2D eigenvalue weighted by molar-refractivity contribution is 5.80. The molecule has 0 amide bonds. The summed E-state index contributed by atoms with van der Waals surface area (Å²) in [7, 11) is 1.52. The summed E-state index contributed by atoms with van der Waals surface area (Å²) in [5.41, 5.74) is -0.735. The van der Waals surface area contributed by atoms with Crippen molar-refractivity contribution in [1.82, 2.24) is 9.55 Å². The van der Waals surface area contributed by atoms with Crippen LogP contribution in [-0.2, 0) is 10.4 Å². The molecular weight excluding hydrogens is 396 g/mol. The number of nitrogens with zero attached hydrogens (tertiary/aromatic N) is 2. The molecule has 1 aromatic heterocycles. The lowest BCUT2D eigenvalue weighted by molar-refractivity contribution is -0.138. The summed E-state index contributed by atoms with van der Waals surface area (Å²) in [6, 6.07) is 20.5. The molecule has 31 heavy (non-hydrogen) atoms. The van der Waals surface area contributed by atoms with Gasteiger partial charge in [-0.1, -0.05) is 36.4 Å². The van der Waals surface area contributed by atoms with Gasteiger partial charge in [-0.25, -0.2) is 4.98 Å². The molecule has 1 atom stereocenters. The summed E-state index contributed by atoms with van der Waals surface area (Å²) < 4.78 is 12.0. The van der Waals surface area contributed by atoms with Gasteiger partial charge in [0.05, 0.1) is 30.1 Å². The summed E-state index contributed by atoms with van der Waals surface area (Å²) in [6.45, 7) is 0. The number of rotatable bonds is 4. The Kier molecular flexibility index (Phi) is 4.34. The summed E-state index contributed by atoms with van der Waals surface area (Å²) in [4.78, 5) is 30.6. The van der Waals surface area contributed by atoms with Crippen LogP contribution in [0.1, 0.15) is 17.8 Å². The van der Waals surface area contributed by atoms with Crippen LogP contribution in [0.2, 0.25) is 0 Å². The lowest BCUT2D eigenvalue weighted by atomic mass is 9.91. The van der Waals surface area contributed by atoms with E-state index in [1.54, 1.807) is 72.8 Å². The van der Waals surface area contributed by atoms with Crippen molar-refractivity contribution in [2.24, 2.45) is 0 Å². The third kappa shape index (κ3) is 2.98. The van der Waals surface area contributed by atoms with Crippen molar-refractivity contribution in [1.29, 1.82) is 0 Å². The Balaban J connectivity index is 1.60. The van der Waals surface area contributed by atoms with Gasteiger partial charge < -0.3 is 14.6 Å². The zero-order valence-corrected chi connectivity index (χ0v) is 16.6. The molecule has 1 aliphatic rings. The number of fused-ring (bicyclic) bond motifs is 4. The number of aliphatic hydroxyl groups is 1. The molecule has 7 nitrogen and oxygen atoms in total. The molecule has 5 rings (SSSR count). The monoisotopic (exact) mass is 414 g/mol. The second-order valence-corrected chi connectivity index (χ2v) is 7.30. The number of methoxy groups -OCH3 is 1. The molecule has 7 heteroatoms. The van der Waals surface area contributed by atoms with Crippen molar-refractivity contribution in [2.75, 3.05) is 7.11 Å². The summed E-state index contributed by atoms with van der Waals surface area (Å²) >= 11 is 0. The SMILES string of the molecule is COc1cccc(OC(=O)C[C@]2(O)c3ccccc3-n3c2nc2ccccc2c3=O)c1. The van der Waals surface area contributed by atoms with Crippen LogP contribution >= 0.6 is 0 Å². The summed E-state index contributed by atoms with van der Waals surface area (Å²) in [5, 5.41) is 12.1. The minimum absolute atomic E-state index is 0.0972. The van der Waals surface area contributed by atoms with Gasteiger partial charge in [-0.3, -0.25) is 14.2 Å². The molecule has 0 spiro atoms. The predicted octanol–water partition coefficient (Wildman–Crippen LogP) is 2.94. The highest BCUT2D eigenvalue weighted by Crippen LogP contribution is 2.42. The van der Waals surface area contributed by atoms with E-state index in [1.165, 1.54) is 11.7 Å². The Morgan fingerprint density at radius 3 is 2.61 bits per heavy atom. The van der Waals surface area contributed by atoms with Crippen molar-refractivity contribution in [3.63, 3.8) is 0 Å². The number of aromatic nitrogens is 2. The molecule has 0 fully saturated rings. The largest absolute Gasteiger partial charge is 0.497 e. The van der Waals surface area contributed by atoms with Crippen LogP contribution in [0.15, 0.2) is 77.6 Å². The zero-order chi connectivity index (χ0) is 21.6. The highest BCUT2D eigenvalue weighted by Gasteiger charge is 2.46. The molecule has 1 aliphatic heterocycles. The smallest absolute Gasteiger partial charge is 0.314 e. The van der Waals surface area contributed by atoms with Crippen LogP contribution in [0, 0.1) is 0 Å². The zero-order valence-electron chi connectivity index (χ0n) is 16.6. The van der Waals surface area contributed by atoms with Crippen molar-refractivity contribution in [2.45, 2.75) is 12.0 Å². The Bertz CT molecular complexity index is 1390. The van der Waals surface area contributed by atoms with Crippen molar-refractivity contribution < 1.29 is 19.4 Å². The van der Waals surface area contributed by atoms with Gasteiger partial charge in [0.2, 0.25) is 0 Å². The molecule has 0 radical (unpaired) electrons. The lowest BCUT2D eigenvalue weighted by Gasteiger charge is -2.22. The van der Waals surface area contributed by atoms with Gasteiger partial charge in [-0.2, -0.15) is 0 Å².